The Morgan fingerprint density at radius 3 is 2.89 bits per heavy atom. The lowest BCUT2D eigenvalue weighted by atomic mass is 9.92. The quantitative estimate of drug-likeness (QED) is 0.731. The van der Waals surface area contributed by atoms with Gasteiger partial charge in [-0.15, -0.1) is 0 Å². The predicted octanol–water partition coefficient (Wildman–Crippen LogP) is 1.01. The maximum atomic E-state index is 12.4. The first kappa shape index (κ1) is 11.4. The molecule has 18 heavy (non-hydrogen) atoms. The van der Waals surface area contributed by atoms with Gasteiger partial charge in [-0.05, 0) is 19.3 Å². The molecule has 3 aliphatic heterocycles. The van der Waals surface area contributed by atoms with Crippen LogP contribution in [0.5, 0.6) is 0 Å². The summed E-state index contributed by atoms with van der Waals surface area (Å²) in [6.07, 6.45) is 9.92. The van der Waals surface area contributed by atoms with Gasteiger partial charge in [0.05, 0.1) is 0 Å². The monoisotopic (exact) mass is 247 g/mol. The summed E-state index contributed by atoms with van der Waals surface area (Å²) in [6, 6.07) is -0.371. The molecule has 5 nitrogen and oxygen atoms in total. The number of carbonyl (C=O) groups excluding carboxylic acids is 1. The minimum absolute atomic E-state index is 0.113. The van der Waals surface area contributed by atoms with Gasteiger partial charge in [0.1, 0.15) is 6.10 Å². The van der Waals surface area contributed by atoms with Gasteiger partial charge >= 0.3 is 0 Å². The van der Waals surface area contributed by atoms with E-state index in [0.717, 1.165) is 32.4 Å². The van der Waals surface area contributed by atoms with Crippen molar-refractivity contribution in [2.75, 3.05) is 13.1 Å². The van der Waals surface area contributed by atoms with Crippen LogP contribution in [-0.2, 0) is 9.53 Å². The fraction of sp³-hybridized carbons (Fsp3) is 0.615. The van der Waals surface area contributed by atoms with E-state index in [1.54, 1.807) is 6.20 Å². The molecule has 1 amide bonds. The van der Waals surface area contributed by atoms with Crippen molar-refractivity contribution >= 4 is 18.5 Å². The fourth-order valence-corrected chi connectivity index (χ4v) is 2.72. The second-order valence-corrected chi connectivity index (χ2v) is 4.91. The lowest BCUT2D eigenvalue weighted by molar-refractivity contribution is -0.133. The molecule has 0 spiro atoms. The molecule has 3 heterocycles. The second-order valence-electron chi connectivity index (χ2n) is 4.91. The van der Waals surface area contributed by atoms with Crippen molar-refractivity contribution in [3.05, 3.63) is 12.3 Å². The molecule has 0 saturated carbocycles. The average Bonchev–Trinajstić information content (AvgIpc) is 3.10. The average molecular weight is 247 g/mol. The highest BCUT2D eigenvalue weighted by Gasteiger charge is 2.40. The highest BCUT2D eigenvalue weighted by molar-refractivity contribution is 5.85. The molecule has 5 heteroatoms. The number of carbonyl (C=O) groups is 1. The van der Waals surface area contributed by atoms with Crippen LogP contribution in [0, 0.1) is 5.92 Å². The van der Waals surface area contributed by atoms with Gasteiger partial charge < -0.3 is 9.64 Å². The summed E-state index contributed by atoms with van der Waals surface area (Å²) in [5.74, 6) is 0.309. The molecule has 0 aliphatic carbocycles. The Bertz CT molecular complexity index is 410. The largest absolute Gasteiger partial charge is 0.477 e. The van der Waals surface area contributed by atoms with Crippen molar-refractivity contribution < 1.29 is 9.53 Å². The minimum atomic E-state index is -0.371. The van der Waals surface area contributed by atoms with Gasteiger partial charge in [0.25, 0.3) is 5.91 Å². The molecule has 3 rings (SSSR count). The maximum Gasteiger partial charge on any atom is 0.251 e. The van der Waals surface area contributed by atoms with Crippen LogP contribution in [0.15, 0.2) is 22.3 Å². The van der Waals surface area contributed by atoms with E-state index in [2.05, 4.69) is 9.98 Å². The molecule has 0 aromatic rings. The maximum absolute atomic E-state index is 12.4. The number of amides is 1. The zero-order valence-corrected chi connectivity index (χ0v) is 10.2. The topological polar surface area (TPSA) is 54.3 Å². The Hall–Kier alpha value is -1.65. The number of aliphatic imine (C=N–C) groups is 2. The standard InChI is InChI=1S/C13H17N3O2/c17-13(16-7-1-2-8-16)11-12(18-9-15-11)10-3-5-14-6-4-10/h3,5-6,9-12H,1-2,4,7-8H2/t10?,11-,12+/m0/s1. The van der Waals surface area contributed by atoms with Gasteiger partial charge in [-0.25, -0.2) is 4.99 Å². The Morgan fingerprint density at radius 1 is 1.33 bits per heavy atom. The third kappa shape index (κ3) is 2.05. The summed E-state index contributed by atoms with van der Waals surface area (Å²) < 4.78 is 5.53. The molecular formula is C13H17N3O2. The summed E-state index contributed by atoms with van der Waals surface area (Å²) in [6.45, 7) is 1.72. The lowest BCUT2D eigenvalue weighted by Gasteiger charge is -2.26. The van der Waals surface area contributed by atoms with Crippen LogP contribution in [0.4, 0.5) is 0 Å². The van der Waals surface area contributed by atoms with Gasteiger partial charge in [0.2, 0.25) is 0 Å². The van der Waals surface area contributed by atoms with E-state index in [9.17, 15) is 4.79 Å². The fourth-order valence-electron chi connectivity index (χ4n) is 2.72. The first-order valence-electron chi connectivity index (χ1n) is 6.50. The zero-order valence-electron chi connectivity index (χ0n) is 10.2. The lowest BCUT2D eigenvalue weighted by Crippen LogP contribution is -2.44. The van der Waals surface area contributed by atoms with E-state index >= 15 is 0 Å². The first-order chi connectivity index (χ1) is 8.86. The van der Waals surface area contributed by atoms with Gasteiger partial charge in [0.15, 0.2) is 12.4 Å². The van der Waals surface area contributed by atoms with Crippen LogP contribution in [0.2, 0.25) is 0 Å². The second kappa shape index (κ2) is 4.92. The third-order valence-electron chi connectivity index (χ3n) is 3.75. The molecule has 0 N–H and O–H groups in total. The molecule has 1 saturated heterocycles. The van der Waals surface area contributed by atoms with Crippen molar-refractivity contribution in [2.24, 2.45) is 15.9 Å². The number of nitrogens with zero attached hydrogens (tertiary/aromatic N) is 3. The van der Waals surface area contributed by atoms with Crippen LogP contribution in [0.1, 0.15) is 19.3 Å². The first-order valence-corrected chi connectivity index (χ1v) is 6.50. The molecule has 96 valence electrons. The molecule has 3 aliphatic rings. The highest BCUT2D eigenvalue weighted by Crippen LogP contribution is 2.26. The van der Waals surface area contributed by atoms with E-state index in [0.29, 0.717) is 0 Å². The van der Waals surface area contributed by atoms with Crippen molar-refractivity contribution in [1.82, 2.24) is 4.90 Å². The van der Waals surface area contributed by atoms with E-state index < -0.39 is 0 Å². The summed E-state index contributed by atoms with van der Waals surface area (Å²) in [7, 11) is 0. The van der Waals surface area contributed by atoms with Crippen molar-refractivity contribution in [3.8, 4) is 0 Å². The SMILES string of the molecule is O=C([C@H]1N=CO[C@@H]1C1C=CN=CC1)N1CCCC1. The molecule has 0 radical (unpaired) electrons. The highest BCUT2D eigenvalue weighted by atomic mass is 16.5. The Morgan fingerprint density at radius 2 is 2.17 bits per heavy atom. The molecule has 3 atom stereocenters. The number of hydrogen-bond donors (Lipinski definition) is 0. The van der Waals surface area contributed by atoms with Gasteiger partial charge in [-0.3, -0.25) is 9.79 Å². The van der Waals surface area contributed by atoms with Crippen LogP contribution < -0.4 is 0 Å². The number of likely N-dealkylation sites (tertiary alicyclic amines) is 1. The minimum Gasteiger partial charge on any atom is -0.477 e. The Kier molecular flexibility index (Phi) is 3.13. The van der Waals surface area contributed by atoms with Gasteiger partial charge in [0, 0.05) is 31.4 Å². The number of ether oxygens (including phenoxy) is 1. The summed E-state index contributed by atoms with van der Waals surface area (Å²) in [5.41, 5.74) is 0. The molecule has 0 aromatic carbocycles. The van der Waals surface area contributed by atoms with Gasteiger partial charge in [-0.2, -0.15) is 0 Å². The molecule has 1 fully saturated rings. The van der Waals surface area contributed by atoms with Crippen LogP contribution in [-0.4, -0.2) is 48.7 Å². The third-order valence-corrected chi connectivity index (χ3v) is 3.75. The van der Waals surface area contributed by atoms with Crippen molar-refractivity contribution in [3.63, 3.8) is 0 Å². The zero-order chi connectivity index (χ0) is 12.4. The van der Waals surface area contributed by atoms with Gasteiger partial charge in [-0.1, -0.05) is 6.08 Å². The van der Waals surface area contributed by atoms with E-state index in [1.165, 1.54) is 6.40 Å². The Balaban J connectivity index is 1.70. The van der Waals surface area contributed by atoms with Crippen LogP contribution in [0.3, 0.4) is 0 Å². The summed E-state index contributed by atoms with van der Waals surface area (Å²) in [4.78, 5) is 22.6. The molecule has 0 bridgehead atoms. The molecule has 0 aromatic heterocycles. The smallest absolute Gasteiger partial charge is 0.251 e. The van der Waals surface area contributed by atoms with E-state index in [4.69, 9.17) is 4.74 Å². The van der Waals surface area contributed by atoms with Crippen LogP contribution >= 0.6 is 0 Å². The van der Waals surface area contributed by atoms with E-state index in [-0.39, 0.29) is 24.0 Å². The number of hydrogen-bond acceptors (Lipinski definition) is 4. The molecule has 1 unspecified atom stereocenters. The number of rotatable bonds is 2. The summed E-state index contributed by atoms with van der Waals surface area (Å²) in [5, 5.41) is 0. The van der Waals surface area contributed by atoms with Crippen molar-refractivity contribution in [2.45, 2.75) is 31.4 Å². The van der Waals surface area contributed by atoms with Crippen LogP contribution in [0.25, 0.3) is 0 Å². The van der Waals surface area contributed by atoms with Crippen molar-refractivity contribution in [1.29, 1.82) is 0 Å². The normalized spacial score (nSPS) is 34.0. The summed E-state index contributed by atoms with van der Waals surface area (Å²) >= 11 is 0. The molecular weight excluding hydrogens is 230 g/mol. The van der Waals surface area contributed by atoms with E-state index in [1.807, 2.05) is 17.2 Å². The Labute approximate surface area is 106 Å². The predicted molar refractivity (Wildman–Crippen MR) is 68.7 cm³/mol.